The van der Waals surface area contributed by atoms with Crippen molar-refractivity contribution in [1.29, 1.82) is 0 Å². The molecule has 0 radical (unpaired) electrons. The topological polar surface area (TPSA) is 49.0 Å². The van der Waals surface area contributed by atoms with Gasteiger partial charge in [0.05, 0.1) is 17.4 Å². The Morgan fingerprint density at radius 2 is 1.23 bits per heavy atom. The van der Waals surface area contributed by atoms with Gasteiger partial charge in [-0.15, -0.1) is 0 Å². The van der Waals surface area contributed by atoms with Gasteiger partial charge in [-0.2, -0.15) is 13.2 Å². The molecule has 210 valence electrons. The van der Waals surface area contributed by atoms with Crippen LogP contribution in [0.2, 0.25) is 15.2 Å². The molecule has 0 aliphatic carbocycles. The van der Waals surface area contributed by atoms with Crippen molar-refractivity contribution in [2.24, 2.45) is 0 Å². The van der Waals surface area contributed by atoms with Gasteiger partial charge in [0.1, 0.15) is 10.2 Å². The zero-order valence-electron chi connectivity index (χ0n) is 21.8. The lowest BCUT2D eigenvalue weighted by atomic mass is 10.3. The molecule has 0 saturated heterocycles. The molecular weight excluding hydrogens is 595 g/mol. The van der Waals surface area contributed by atoms with Crippen LogP contribution in [-0.2, 0) is 6.18 Å². The molecule has 0 bridgehead atoms. The number of pyridine rings is 4. The summed E-state index contributed by atoms with van der Waals surface area (Å²) in [7, 11) is 7.76. The van der Waals surface area contributed by atoms with Gasteiger partial charge in [-0.3, -0.25) is 4.98 Å². The Morgan fingerprint density at radius 1 is 0.718 bits per heavy atom. The van der Waals surface area contributed by atoms with Crippen molar-refractivity contribution in [2.45, 2.75) is 13.1 Å². The van der Waals surface area contributed by atoms with Crippen LogP contribution in [0.1, 0.15) is 11.4 Å². The van der Waals surface area contributed by atoms with Crippen LogP contribution in [0.3, 0.4) is 0 Å². The van der Waals surface area contributed by atoms with E-state index < -0.39 is 11.9 Å². The maximum atomic E-state index is 12.7. The number of halogens is 7. The van der Waals surface area contributed by atoms with Crippen LogP contribution in [0, 0.1) is 6.92 Å². The van der Waals surface area contributed by atoms with E-state index in [1.807, 2.05) is 63.1 Å². The number of nitrogens with zero attached hydrogens (tertiary/aromatic N) is 6. The highest BCUT2D eigenvalue weighted by atomic mass is 35.5. The van der Waals surface area contributed by atoms with E-state index in [2.05, 4.69) is 15.0 Å². The molecule has 0 aliphatic rings. The molecular formula is C26H27Cl4F3N6. The van der Waals surface area contributed by atoms with Crippen LogP contribution in [0.4, 0.5) is 24.5 Å². The highest BCUT2D eigenvalue weighted by molar-refractivity contribution is 6.41. The molecule has 4 aromatic heterocycles. The molecule has 0 unspecified atom stereocenters. The number of rotatable bonds is 3. The smallest absolute Gasteiger partial charge is 0.457 e. The van der Waals surface area contributed by atoms with Crippen molar-refractivity contribution >= 4 is 46.2 Å². The van der Waals surface area contributed by atoms with Gasteiger partial charge in [0, 0.05) is 69.8 Å². The minimum Gasteiger partial charge on any atom is -1.00 e. The lowest BCUT2D eigenvalue weighted by molar-refractivity contribution is -0.599. The molecule has 0 N–H and O–H groups in total. The maximum Gasteiger partial charge on any atom is 0.457 e. The van der Waals surface area contributed by atoms with Crippen molar-refractivity contribution in [3.8, 4) is 5.82 Å². The summed E-state index contributed by atoms with van der Waals surface area (Å²) in [6, 6.07) is 13.1. The summed E-state index contributed by atoms with van der Waals surface area (Å²) >= 11 is 17.1. The monoisotopic (exact) mass is 620 g/mol. The minimum absolute atomic E-state index is 0. The lowest BCUT2D eigenvalue weighted by Crippen LogP contribution is -3.00. The number of anilines is 2. The molecule has 0 saturated carbocycles. The number of aromatic nitrogens is 4. The van der Waals surface area contributed by atoms with Crippen molar-refractivity contribution < 1.29 is 30.1 Å². The Morgan fingerprint density at radius 3 is 1.67 bits per heavy atom. The second-order valence-corrected chi connectivity index (χ2v) is 9.36. The summed E-state index contributed by atoms with van der Waals surface area (Å²) in [6.07, 6.45) is 2.31. The third-order valence-corrected chi connectivity index (χ3v) is 5.80. The van der Waals surface area contributed by atoms with Crippen LogP contribution in [0.15, 0.2) is 73.3 Å². The van der Waals surface area contributed by atoms with Crippen molar-refractivity contribution in [2.75, 3.05) is 38.0 Å². The van der Waals surface area contributed by atoms with Gasteiger partial charge in [0.2, 0.25) is 0 Å². The van der Waals surface area contributed by atoms with Crippen molar-refractivity contribution in [3.05, 3.63) is 99.9 Å². The molecule has 39 heavy (non-hydrogen) atoms. The molecule has 0 spiro atoms. The fourth-order valence-corrected chi connectivity index (χ4v) is 3.28. The molecule has 4 aromatic rings. The molecule has 0 atom stereocenters. The van der Waals surface area contributed by atoms with Gasteiger partial charge in [-0.25, -0.2) is 9.55 Å². The van der Waals surface area contributed by atoms with Crippen LogP contribution in [-0.4, -0.2) is 43.1 Å². The molecule has 13 heteroatoms. The first-order chi connectivity index (χ1) is 17.8. The Kier molecular flexibility index (Phi) is 13.7. The summed E-state index contributed by atoms with van der Waals surface area (Å²) in [4.78, 5) is 15.3. The first kappa shape index (κ1) is 34.2. The van der Waals surface area contributed by atoms with Crippen molar-refractivity contribution in [1.82, 2.24) is 15.0 Å². The van der Waals surface area contributed by atoms with E-state index >= 15 is 0 Å². The number of alkyl halides is 3. The standard InChI is InChI=1S/C13H12ClF3N3.C7H10N2.C6H5Cl2N.ClH/c1-19(2)9-5-7-20(8-6-9)12-10(14)3-4-11(18-12)13(15,16)17;1-9(2)7-3-5-8-6-4-7;1-4-2-3-5(7)6(8)9-4;/h3-8H,1-2H3;3-6H,1-2H3;2-3H,1H3;1H/q+1;;;/p-1. The predicted octanol–water partition coefficient (Wildman–Crippen LogP) is 3.94. The van der Waals surface area contributed by atoms with Gasteiger partial charge in [-0.1, -0.05) is 34.8 Å². The van der Waals surface area contributed by atoms with E-state index in [0.717, 1.165) is 17.4 Å². The molecule has 0 aliphatic heterocycles. The van der Waals surface area contributed by atoms with Crippen LogP contribution in [0.25, 0.3) is 5.82 Å². The maximum absolute atomic E-state index is 12.7. The third-order valence-electron chi connectivity index (χ3n) is 4.81. The predicted molar refractivity (Wildman–Crippen MR) is 148 cm³/mol. The largest absolute Gasteiger partial charge is 1.00 e. The molecule has 4 heterocycles. The summed E-state index contributed by atoms with van der Waals surface area (Å²) in [5.74, 6) is 0.0480. The summed E-state index contributed by atoms with van der Waals surface area (Å²) in [6.45, 7) is 1.86. The Hall–Kier alpha value is -2.85. The lowest BCUT2D eigenvalue weighted by Gasteiger charge is -2.11. The summed E-state index contributed by atoms with van der Waals surface area (Å²) < 4.78 is 39.4. The van der Waals surface area contributed by atoms with E-state index in [4.69, 9.17) is 34.8 Å². The van der Waals surface area contributed by atoms with Crippen LogP contribution in [0.5, 0.6) is 0 Å². The van der Waals surface area contributed by atoms with Gasteiger partial charge in [-0.05, 0) is 48.3 Å². The molecule has 4 rings (SSSR count). The number of hydrogen-bond acceptors (Lipinski definition) is 5. The SMILES string of the molecule is CN(C)c1cc[n+](-c2nc(C(F)(F)F)ccc2Cl)cc1.CN(C)c1ccncc1.Cc1ccc(Cl)c(Cl)n1.[Cl-]. The molecule has 0 amide bonds. The van der Waals surface area contributed by atoms with Crippen molar-refractivity contribution in [3.63, 3.8) is 0 Å². The summed E-state index contributed by atoms with van der Waals surface area (Å²) in [5, 5.41) is 1.03. The van der Waals surface area contributed by atoms with Gasteiger partial charge in [0.25, 0.3) is 5.69 Å². The Labute approximate surface area is 247 Å². The van der Waals surface area contributed by atoms with Crippen LogP contribution >= 0.6 is 34.8 Å². The normalized spacial score (nSPS) is 10.2. The van der Waals surface area contributed by atoms with Gasteiger partial charge in [0.15, 0.2) is 0 Å². The summed E-state index contributed by atoms with van der Waals surface area (Å²) in [5.41, 5.74) is 2.01. The first-order valence-electron chi connectivity index (χ1n) is 11.1. The quantitative estimate of drug-likeness (QED) is 0.256. The van der Waals surface area contributed by atoms with Gasteiger partial charge >= 0.3 is 12.0 Å². The zero-order valence-corrected chi connectivity index (χ0v) is 24.8. The van der Waals surface area contributed by atoms with E-state index in [9.17, 15) is 13.2 Å². The van der Waals surface area contributed by atoms with Crippen LogP contribution < -0.4 is 26.8 Å². The zero-order chi connectivity index (χ0) is 28.5. The molecule has 6 nitrogen and oxygen atoms in total. The second-order valence-electron chi connectivity index (χ2n) is 8.18. The highest BCUT2D eigenvalue weighted by Gasteiger charge is 2.38. The Bertz CT molecular complexity index is 1310. The Balaban J connectivity index is 0.000000333. The number of hydrogen-bond donors (Lipinski definition) is 0. The number of aryl methyl sites for hydroxylation is 1. The fraction of sp³-hybridized carbons (Fsp3) is 0.231. The van der Waals surface area contributed by atoms with E-state index in [0.29, 0.717) is 10.2 Å². The second kappa shape index (κ2) is 15.7. The molecule has 0 aromatic carbocycles. The fourth-order valence-electron chi connectivity index (χ4n) is 2.78. The highest BCUT2D eigenvalue weighted by Crippen LogP contribution is 2.29. The first-order valence-corrected chi connectivity index (χ1v) is 12.2. The third kappa shape index (κ3) is 11.0. The van der Waals surface area contributed by atoms with E-state index in [-0.39, 0.29) is 23.2 Å². The average Bonchev–Trinajstić information content (AvgIpc) is 2.87. The molecule has 0 fully saturated rings. The minimum atomic E-state index is -4.50. The van der Waals surface area contributed by atoms with E-state index in [1.165, 1.54) is 16.3 Å². The van der Waals surface area contributed by atoms with Gasteiger partial charge < -0.3 is 22.2 Å². The average molecular weight is 622 g/mol. The van der Waals surface area contributed by atoms with E-state index in [1.54, 1.807) is 43.0 Å².